The van der Waals surface area contributed by atoms with Crippen LogP contribution in [-0.2, 0) is 5.41 Å². The first-order valence-electron chi connectivity index (χ1n) is 6.52. The van der Waals surface area contributed by atoms with E-state index in [-0.39, 0.29) is 11.3 Å². The summed E-state index contributed by atoms with van der Waals surface area (Å²) >= 11 is 5.99. The van der Waals surface area contributed by atoms with E-state index in [2.05, 4.69) is 20.7 Å². The summed E-state index contributed by atoms with van der Waals surface area (Å²) in [6.07, 6.45) is 1.50. The molecule has 1 amide bonds. The van der Waals surface area contributed by atoms with E-state index in [4.69, 9.17) is 11.6 Å². The molecule has 21 heavy (non-hydrogen) atoms. The number of H-pyrrole nitrogens is 1. The predicted molar refractivity (Wildman–Crippen MR) is 83.8 cm³/mol. The van der Waals surface area contributed by atoms with Crippen molar-refractivity contribution in [1.82, 2.24) is 15.6 Å². The second kappa shape index (κ2) is 6.10. The average molecular weight is 305 g/mol. The van der Waals surface area contributed by atoms with Crippen molar-refractivity contribution in [2.24, 2.45) is 5.10 Å². The Balaban J connectivity index is 2.02. The molecule has 1 aromatic carbocycles. The van der Waals surface area contributed by atoms with Crippen LogP contribution in [0.5, 0.6) is 0 Å². The van der Waals surface area contributed by atoms with E-state index in [1.807, 2.05) is 39.0 Å². The number of nitrogens with zero attached hydrogens (tertiary/aromatic N) is 2. The molecule has 0 aliphatic carbocycles. The summed E-state index contributed by atoms with van der Waals surface area (Å²) in [5.74, 6) is -0.370. The standard InChI is InChI=1S/C15H17ClN4O/c1-15(2,3)13-8-12(18-19-13)14(21)20-17-9-10-6-4-5-7-11(10)16/h4-9H,1-3H3,(H,18,19)(H,20,21)/b17-9+. The van der Waals surface area contributed by atoms with Crippen LogP contribution in [0.25, 0.3) is 0 Å². The van der Waals surface area contributed by atoms with E-state index < -0.39 is 0 Å². The molecule has 0 aliphatic heterocycles. The van der Waals surface area contributed by atoms with Gasteiger partial charge in [0.1, 0.15) is 0 Å². The van der Waals surface area contributed by atoms with Crippen LogP contribution >= 0.6 is 11.6 Å². The van der Waals surface area contributed by atoms with Crippen LogP contribution in [0.2, 0.25) is 5.02 Å². The molecular formula is C15H17ClN4O. The van der Waals surface area contributed by atoms with Gasteiger partial charge in [-0.05, 0) is 12.1 Å². The van der Waals surface area contributed by atoms with Crippen molar-refractivity contribution in [3.05, 3.63) is 52.3 Å². The predicted octanol–water partition coefficient (Wildman–Crippen LogP) is 3.12. The molecule has 6 heteroatoms. The number of carbonyl (C=O) groups is 1. The number of hydrogen-bond donors (Lipinski definition) is 2. The number of benzene rings is 1. The van der Waals surface area contributed by atoms with Gasteiger partial charge in [0.15, 0.2) is 5.69 Å². The van der Waals surface area contributed by atoms with E-state index in [0.717, 1.165) is 11.3 Å². The molecule has 0 saturated carbocycles. The Bertz CT molecular complexity index is 670. The Morgan fingerprint density at radius 3 is 2.71 bits per heavy atom. The number of carbonyl (C=O) groups excluding carboxylic acids is 1. The van der Waals surface area contributed by atoms with E-state index in [1.54, 1.807) is 12.1 Å². The Labute approximate surface area is 128 Å². The highest BCUT2D eigenvalue weighted by atomic mass is 35.5. The van der Waals surface area contributed by atoms with Gasteiger partial charge < -0.3 is 0 Å². The molecule has 2 aromatic rings. The summed E-state index contributed by atoms with van der Waals surface area (Å²) in [5.41, 5.74) is 4.26. The van der Waals surface area contributed by atoms with Crippen LogP contribution in [0.15, 0.2) is 35.4 Å². The number of rotatable bonds is 3. The Morgan fingerprint density at radius 2 is 2.10 bits per heavy atom. The van der Waals surface area contributed by atoms with Gasteiger partial charge in [0.2, 0.25) is 0 Å². The average Bonchev–Trinajstić information content (AvgIpc) is 2.90. The number of hydrazone groups is 1. The molecule has 1 heterocycles. The summed E-state index contributed by atoms with van der Waals surface area (Å²) in [7, 11) is 0. The van der Waals surface area contributed by atoms with Gasteiger partial charge in [-0.3, -0.25) is 9.89 Å². The molecule has 0 atom stereocenters. The molecule has 110 valence electrons. The minimum absolute atomic E-state index is 0.0909. The van der Waals surface area contributed by atoms with Gasteiger partial charge in [-0.1, -0.05) is 50.6 Å². The molecule has 0 aliphatic rings. The molecule has 2 rings (SSSR count). The van der Waals surface area contributed by atoms with Crippen LogP contribution in [0.1, 0.15) is 42.5 Å². The SMILES string of the molecule is CC(C)(C)c1cc(C(=O)N/N=C/c2ccccc2Cl)n[nH]1. The van der Waals surface area contributed by atoms with Crippen molar-refractivity contribution < 1.29 is 4.79 Å². The van der Waals surface area contributed by atoms with Crippen LogP contribution in [0.4, 0.5) is 0 Å². The molecule has 0 spiro atoms. The zero-order valence-corrected chi connectivity index (χ0v) is 12.9. The van der Waals surface area contributed by atoms with E-state index in [1.165, 1.54) is 6.21 Å². The fraction of sp³-hybridized carbons (Fsp3) is 0.267. The fourth-order valence-electron chi connectivity index (χ4n) is 1.62. The first-order chi connectivity index (χ1) is 9.88. The summed E-state index contributed by atoms with van der Waals surface area (Å²) in [5, 5.41) is 11.3. The molecule has 0 unspecified atom stereocenters. The minimum atomic E-state index is -0.370. The van der Waals surface area contributed by atoms with Crippen molar-refractivity contribution in [2.75, 3.05) is 0 Å². The van der Waals surface area contributed by atoms with Crippen molar-refractivity contribution in [2.45, 2.75) is 26.2 Å². The minimum Gasteiger partial charge on any atom is -0.281 e. The number of amides is 1. The van der Waals surface area contributed by atoms with Crippen LogP contribution < -0.4 is 5.43 Å². The molecule has 0 radical (unpaired) electrons. The summed E-state index contributed by atoms with van der Waals surface area (Å²) < 4.78 is 0. The first kappa shape index (κ1) is 15.3. The molecule has 0 bridgehead atoms. The second-order valence-corrected chi connectivity index (χ2v) is 6.04. The van der Waals surface area contributed by atoms with Crippen LogP contribution in [0.3, 0.4) is 0 Å². The summed E-state index contributed by atoms with van der Waals surface area (Å²) in [6.45, 7) is 6.12. The molecule has 0 saturated heterocycles. The third-order valence-electron chi connectivity index (χ3n) is 2.89. The monoisotopic (exact) mass is 304 g/mol. The summed E-state index contributed by atoms with van der Waals surface area (Å²) in [6, 6.07) is 8.97. The van der Waals surface area contributed by atoms with Gasteiger partial charge in [0.25, 0.3) is 5.91 Å². The highest BCUT2D eigenvalue weighted by Crippen LogP contribution is 2.20. The van der Waals surface area contributed by atoms with Crippen molar-refractivity contribution in [1.29, 1.82) is 0 Å². The summed E-state index contributed by atoms with van der Waals surface area (Å²) in [4.78, 5) is 11.9. The van der Waals surface area contributed by atoms with E-state index >= 15 is 0 Å². The molecule has 2 N–H and O–H groups in total. The van der Waals surface area contributed by atoms with Gasteiger partial charge >= 0.3 is 0 Å². The maximum atomic E-state index is 11.9. The zero-order chi connectivity index (χ0) is 15.5. The van der Waals surface area contributed by atoms with Gasteiger partial charge in [0.05, 0.1) is 6.21 Å². The lowest BCUT2D eigenvalue weighted by molar-refractivity contribution is 0.0950. The zero-order valence-electron chi connectivity index (χ0n) is 12.1. The normalized spacial score (nSPS) is 11.8. The lowest BCUT2D eigenvalue weighted by atomic mass is 9.92. The third kappa shape index (κ3) is 3.92. The van der Waals surface area contributed by atoms with E-state index in [0.29, 0.717) is 10.7 Å². The topological polar surface area (TPSA) is 70.1 Å². The number of aromatic nitrogens is 2. The Hall–Kier alpha value is -2.14. The van der Waals surface area contributed by atoms with Crippen molar-refractivity contribution in [3.8, 4) is 0 Å². The lowest BCUT2D eigenvalue weighted by Crippen LogP contribution is -2.18. The van der Waals surface area contributed by atoms with Crippen molar-refractivity contribution in [3.63, 3.8) is 0 Å². The number of halogens is 1. The number of hydrogen-bond acceptors (Lipinski definition) is 3. The highest BCUT2D eigenvalue weighted by Gasteiger charge is 2.19. The van der Waals surface area contributed by atoms with Gasteiger partial charge in [0, 0.05) is 21.7 Å². The fourth-order valence-corrected chi connectivity index (χ4v) is 1.80. The highest BCUT2D eigenvalue weighted by molar-refractivity contribution is 6.33. The molecule has 5 nitrogen and oxygen atoms in total. The molecular weight excluding hydrogens is 288 g/mol. The molecule has 1 aromatic heterocycles. The third-order valence-corrected chi connectivity index (χ3v) is 3.24. The molecule has 0 fully saturated rings. The Morgan fingerprint density at radius 1 is 1.38 bits per heavy atom. The van der Waals surface area contributed by atoms with Gasteiger partial charge in [-0.2, -0.15) is 10.2 Å². The quantitative estimate of drug-likeness (QED) is 0.675. The second-order valence-electron chi connectivity index (χ2n) is 5.64. The van der Waals surface area contributed by atoms with Gasteiger partial charge in [-0.25, -0.2) is 5.43 Å². The largest absolute Gasteiger partial charge is 0.291 e. The lowest BCUT2D eigenvalue weighted by Gasteiger charge is -2.14. The van der Waals surface area contributed by atoms with Crippen LogP contribution in [0, 0.1) is 0 Å². The Kier molecular flexibility index (Phi) is 4.43. The van der Waals surface area contributed by atoms with E-state index in [9.17, 15) is 4.79 Å². The number of nitrogens with one attached hydrogen (secondary N) is 2. The first-order valence-corrected chi connectivity index (χ1v) is 6.89. The smallest absolute Gasteiger partial charge is 0.281 e. The maximum Gasteiger partial charge on any atom is 0.291 e. The van der Waals surface area contributed by atoms with Crippen LogP contribution in [-0.4, -0.2) is 22.3 Å². The van der Waals surface area contributed by atoms with Gasteiger partial charge in [-0.15, -0.1) is 0 Å². The maximum absolute atomic E-state index is 11.9. The number of aromatic amines is 1. The van der Waals surface area contributed by atoms with Crippen molar-refractivity contribution >= 4 is 23.7 Å².